The zero-order valence-corrected chi connectivity index (χ0v) is 15.7. The third-order valence-electron chi connectivity index (χ3n) is 4.14. The van der Waals surface area contributed by atoms with Gasteiger partial charge in [0, 0.05) is 19.6 Å². The molecule has 1 aliphatic carbocycles. The molecule has 0 amide bonds. The quantitative estimate of drug-likeness (QED) is 0.457. The fraction of sp³-hybridized carbons (Fsp3) is 0.588. The van der Waals surface area contributed by atoms with E-state index in [1.54, 1.807) is 0 Å². The lowest BCUT2D eigenvalue weighted by molar-refractivity contribution is 0.605. The maximum atomic E-state index is 4.33. The Morgan fingerprint density at radius 1 is 1.24 bits per heavy atom. The molecule has 1 aromatic rings. The fourth-order valence-corrected chi connectivity index (χ4v) is 2.72. The molecular weight excluding hydrogens is 373 g/mol. The summed E-state index contributed by atoms with van der Waals surface area (Å²) in [5.41, 5.74) is 2.69. The van der Waals surface area contributed by atoms with Gasteiger partial charge in [0.25, 0.3) is 0 Å². The highest BCUT2D eigenvalue weighted by atomic mass is 127. The molecule has 1 saturated carbocycles. The molecule has 2 rings (SSSR count). The highest BCUT2D eigenvalue weighted by molar-refractivity contribution is 14.0. The van der Waals surface area contributed by atoms with Gasteiger partial charge in [0.15, 0.2) is 5.96 Å². The fourth-order valence-electron chi connectivity index (χ4n) is 2.72. The van der Waals surface area contributed by atoms with Gasteiger partial charge in [-0.15, -0.1) is 24.0 Å². The molecule has 0 aromatic heterocycles. The van der Waals surface area contributed by atoms with Crippen molar-refractivity contribution in [3.8, 4) is 0 Å². The Bertz CT molecular complexity index is 436. The second-order valence-corrected chi connectivity index (χ2v) is 5.89. The van der Waals surface area contributed by atoms with Crippen LogP contribution in [0, 0.1) is 6.92 Å². The lowest BCUT2D eigenvalue weighted by Gasteiger charge is -2.19. The molecule has 2 N–H and O–H groups in total. The van der Waals surface area contributed by atoms with Gasteiger partial charge < -0.3 is 10.6 Å². The van der Waals surface area contributed by atoms with Crippen LogP contribution in [0.2, 0.25) is 0 Å². The topological polar surface area (TPSA) is 36.4 Å². The van der Waals surface area contributed by atoms with Crippen LogP contribution in [-0.2, 0) is 0 Å². The second kappa shape index (κ2) is 9.28. The van der Waals surface area contributed by atoms with Crippen LogP contribution in [0.25, 0.3) is 0 Å². The molecule has 3 nitrogen and oxygen atoms in total. The van der Waals surface area contributed by atoms with Crippen LogP contribution in [0.1, 0.15) is 49.7 Å². The zero-order valence-electron chi connectivity index (χ0n) is 13.4. The van der Waals surface area contributed by atoms with Crippen molar-refractivity contribution < 1.29 is 0 Å². The summed E-state index contributed by atoms with van der Waals surface area (Å²) >= 11 is 0. The summed E-state index contributed by atoms with van der Waals surface area (Å²) in [6.45, 7) is 5.29. The number of aliphatic imine (C=N–C) groups is 1. The van der Waals surface area contributed by atoms with Gasteiger partial charge >= 0.3 is 0 Å². The van der Waals surface area contributed by atoms with Crippen LogP contribution in [0.15, 0.2) is 29.3 Å². The molecule has 0 radical (unpaired) electrons. The van der Waals surface area contributed by atoms with Crippen LogP contribution < -0.4 is 10.6 Å². The maximum Gasteiger partial charge on any atom is 0.191 e. The average Bonchev–Trinajstić information content (AvgIpc) is 2.96. The minimum Gasteiger partial charge on any atom is -0.356 e. The third-order valence-corrected chi connectivity index (χ3v) is 4.14. The summed E-state index contributed by atoms with van der Waals surface area (Å²) in [6.07, 6.45) is 5.23. The Labute approximate surface area is 146 Å². The number of nitrogens with one attached hydrogen (secondary N) is 2. The van der Waals surface area contributed by atoms with Gasteiger partial charge in [0.05, 0.1) is 0 Å². The van der Waals surface area contributed by atoms with Crippen LogP contribution >= 0.6 is 24.0 Å². The van der Waals surface area contributed by atoms with Crippen molar-refractivity contribution in [1.82, 2.24) is 10.6 Å². The highest BCUT2D eigenvalue weighted by Gasteiger charge is 2.16. The molecule has 0 bridgehead atoms. The van der Waals surface area contributed by atoms with Gasteiger partial charge in [0.2, 0.25) is 0 Å². The Kier molecular flexibility index (Phi) is 8.07. The predicted molar refractivity (Wildman–Crippen MR) is 102 cm³/mol. The average molecular weight is 401 g/mol. The molecule has 0 aliphatic heterocycles. The van der Waals surface area contributed by atoms with Crippen molar-refractivity contribution >= 4 is 29.9 Å². The summed E-state index contributed by atoms with van der Waals surface area (Å²) in [5.74, 6) is 1.42. The molecule has 0 heterocycles. The molecule has 4 heteroatoms. The smallest absolute Gasteiger partial charge is 0.191 e. The van der Waals surface area contributed by atoms with E-state index in [9.17, 15) is 0 Å². The first kappa shape index (κ1) is 18.3. The Morgan fingerprint density at radius 3 is 2.43 bits per heavy atom. The highest BCUT2D eigenvalue weighted by Crippen LogP contribution is 2.18. The molecule has 1 aromatic carbocycles. The molecule has 1 fully saturated rings. The molecule has 118 valence electrons. The van der Waals surface area contributed by atoms with Crippen molar-refractivity contribution in [2.75, 3.05) is 13.6 Å². The third kappa shape index (κ3) is 5.85. The molecule has 21 heavy (non-hydrogen) atoms. The summed E-state index contributed by atoms with van der Waals surface area (Å²) in [7, 11) is 1.85. The predicted octanol–water partition coefficient (Wildman–Crippen LogP) is 3.82. The van der Waals surface area contributed by atoms with Crippen molar-refractivity contribution in [1.29, 1.82) is 0 Å². The number of aryl methyl sites for hydroxylation is 1. The molecule has 0 spiro atoms. The van der Waals surface area contributed by atoms with Gasteiger partial charge in [-0.05, 0) is 31.2 Å². The van der Waals surface area contributed by atoms with E-state index in [1.807, 2.05) is 7.05 Å². The minimum absolute atomic E-state index is 0. The first-order valence-electron chi connectivity index (χ1n) is 7.73. The van der Waals surface area contributed by atoms with Crippen LogP contribution in [0.5, 0.6) is 0 Å². The number of nitrogens with zero attached hydrogens (tertiary/aromatic N) is 1. The standard InChI is InChI=1S/C17H27N3.HI/c1-13-8-10-15(11-9-13)14(2)12-19-17(18-3)20-16-6-4-5-7-16;/h8-11,14,16H,4-7,12H2,1-3H3,(H2,18,19,20);1H. The number of halogens is 1. The van der Waals surface area contributed by atoms with E-state index in [0.29, 0.717) is 12.0 Å². The van der Waals surface area contributed by atoms with Crippen molar-refractivity contribution in [2.45, 2.75) is 51.5 Å². The lowest BCUT2D eigenvalue weighted by atomic mass is 10.0. The Hall–Kier alpha value is -0.780. The lowest BCUT2D eigenvalue weighted by Crippen LogP contribution is -2.43. The molecule has 1 atom stereocenters. The van der Waals surface area contributed by atoms with Gasteiger partial charge in [-0.1, -0.05) is 49.6 Å². The largest absolute Gasteiger partial charge is 0.356 e. The second-order valence-electron chi connectivity index (χ2n) is 5.89. The zero-order chi connectivity index (χ0) is 14.4. The van der Waals surface area contributed by atoms with E-state index in [1.165, 1.54) is 36.8 Å². The summed E-state index contributed by atoms with van der Waals surface area (Å²) in [4.78, 5) is 4.33. The minimum atomic E-state index is 0. The molecule has 1 unspecified atom stereocenters. The monoisotopic (exact) mass is 401 g/mol. The first-order chi connectivity index (χ1) is 9.69. The molecule has 0 saturated heterocycles. The van der Waals surface area contributed by atoms with Crippen LogP contribution in [0.4, 0.5) is 0 Å². The van der Waals surface area contributed by atoms with E-state index in [0.717, 1.165) is 12.5 Å². The maximum absolute atomic E-state index is 4.33. The summed E-state index contributed by atoms with van der Waals surface area (Å²) in [6, 6.07) is 9.40. The summed E-state index contributed by atoms with van der Waals surface area (Å²) in [5, 5.41) is 6.97. The van der Waals surface area contributed by atoms with Gasteiger partial charge in [0.1, 0.15) is 0 Å². The number of hydrogen-bond donors (Lipinski definition) is 2. The van der Waals surface area contributed by atoms with Crippen LogP contribution in [-0.4, -0.2) is 25.6 Å². The number of rotatable bonds is 4. The van der Waals surface area contributed by atoms with E-state index in [4.69, 9.17) is 0 Å². The van der Waals surface area contributed by atoms with E-state index < -0.39 is 0 Å². The van der Waals surface area contributed by atoms with Gasteiger partial charge in [-0.2, -0.15) is 0 Å². The Morgan fingerprint density at radius 2 is 1.86 bits per heavy atom. The van der Waals surface area contributed by atoms with Crippen molar-refractivity contribution in [3.63, 3.8) is 0 Å². The number of guanidine groups is 1. The number of benzene rings is 1. The first-order valence-corrected chi connectivity index (χ1v) is 7.73. The van der Waals surface area contributed by atoms with E-state index in [2.05, 4.69) is 53.7 Å². The van der Waals surface area contributed by atoms with E-state index >= 15 is 0 Å². The normalized spacial score (nSPS) is 17.2. The van der Waals surface area contributed by atoms with Crippen molar-refractivity contribution in [2.24, 2.45) is 4.99 Å². The van der Waals surface area contributed by atoms with Crippen LogP contribution in [0.3, 0.4) is 0 Å². The van der Waals surface area contributed by atoms with Gasteiger partial charge in [-0.3, -0.25) is 4.99 Å². The summed E-state index contributed by atoms with van der Waals surface area (Å²) < 4.78 is 0. The van der Waals surface area contributed by atoms with Gasteiger partial charge in [-0.25, -0.2) is 0 Å². The Balaban J connectivity index is 0.00000220. The van der Waals surface area contributed by atoms with E-state index in [-0.39, 0.29) is 24.0 Å². The molecule has 1 aliphatic rings. The molecular formula is C17H28IN3. The SMILES string of the molecule is CN=C(NCC(C)c1ccc(C)cc1)NC1CCCC1.I. The number of hydrogen-bond acceptors (Lipinski definition) is 1. The van der Waals surface area contributed by atoms with Crippen molar-refractivity contribution in [3.05, 3.63) is 35.4 Å².